The first kappa shape index (κ1) is 7.03. The van der Waals surface area contributed by atoms with E-state index in [1.807, 2.05) is 13.8 Å². The standard InChI is InChI=1S/C7H15NO/c1-5(2)7(9)6-3-4-8-6/h5-9H,3-4H2,1-2H3. The maximum Gasteiger partial charge on any atom is 0.0716 e. The maximum atomic E-state index is 9.38. The van der Waals surface area contributed by atoms with Crippen LogP contribution in [0.25, 0.3) is 0 Å². The molecular weight excluding hydrogens is 114 g/mol. The third kappa shape index (κ3) is 1.43. The fourth-order valence-electron chi connectivity index (χ4n) is 1.07. The van der Waals surface area contributed by atoms with Crippen molar-refractivity contribution < 1.29 is 5.11 Å². The van der Waals surface area contributed by atoms with Crippen molar-refractivity contribution >= 4 is 0 Å². The van der Waals surface area contributed by atoms with Crippen molar-refractivity contribution in [3.63, 3.8) is 0 Å². The lowest BCUT2D eigenvalue weighted by Gasteiger charge is -2.33. The summed E-state index contributed by atoms with van der Waals surface area (Å²) in [5.74, 6) is 0.391. The second-order valence-electron chi connectivity index (χ2n) is 3.08. The Kier molecular flexibility index (Phi) is 2.09. The molecule has 0 radical (unpaired) electrons. The van der Waals surface area contributed by atoms with Crippen molar-refractivity contribution in [2.24, 2.45) is 5.92 Å². The van der Waals surface area contributed by atoms with E-state index in [0.717, 1.165) is 13.0 Å². The zero-order chi connectivity index (χ0) is 6.85. The van der Waals surface area contributed by atoms with Gasteiger partial charge in [0.2, 0.25) is 0 Å². The molecule has 0 aromatic carbocycles. The van der Waals surface area contributed by atoms with Crippen LogP contribution in [0.1, 0.15) is 20.3 Å². The minimum atomic E-state index is -0.140. The number of hydrogen-bond donors (Lipinski definition) is 2. The van der Waals surface area contributed by atoms with Crippen molar-refractivity contribution in [1.82, 2.24) is 5.32 Å². The largest absolute Gasteiger partial charge is 0.391 e. The Morgan fingerprint density at radius 2 is 2.11 bits per heavy atom. The summed E-state index contributed by atoms with van der Waals surface area (Å²) in [7, 11) is 0. The molecule has 1 saturated heterocycles. The van der Waals surface area contributed by atoms with Gasteiger partial charge in [-0.05, 0) is 18.9 Å². The van der Waals surface area contributed by atoms with Gasteiger partial charge in [-0.25, -0.2) is 0 Å². The first-order valence-corrected chi connectivity index (χ1v) is 3.63. The van der Waals surface area contributed by atoms with Crippen LogP contribution in [0.2, 0.25) is 0 Å². The quantitative estimate of drug-likeness (QED) is 0.564. The molecule has 0 spiro atoms. The average Bonchev–Trinajstić information content (AvgIpc) is 1.60. The van der Waals surface area contributed by atoms with Crippen molar-refractivity contribution in [1.29, 1.82) is 0 Å². The summed E-state index contributed by atoms with van der Waals surface area (Å²) in [4.78, 5) is 0. The lowest BCUT2D eigenvalue weighted by molar-refractivity contribution is 0.0568. The predicted octanol–water partition coefficient (Wildman–Crippen LogP) is 0.365. The Labute approximate surface area is 56.3 Å². The van der Waals surface area contributed by atoms with Crippen LogP contribution in [0.4, 0.5) is 0 Å². The molecule has 1 fully saturated rings. The van der Waals surface area contributed by atoms with Crippen LogP contribution in [-0.2, 0) is 0 Å². The second-order valence-corrected chi connectivity index (χ2v) is 3.08. The Hall–Kier alpha value is -0.0800. The van der Waals surface area contributed by atoms with Crippen molar-refractivity contribution in [3.05, 3.63) is 0 Å². The molecule has 2 atom stereocenters. The Balaban J connectivity index is 2.23. The molecule has 1 heterocycles. The summed E-state index contributed by atoms with van der Waals surface area (Å²) in [6.45, 7) is 5.17. The Morgan fingerprint density at radius 1 is 1.56 bits per heavy atom. The maximum absolute atomic E-state index is 9.38. The van der Waals surface area contributed by atoms with E-state index >= 15 is 0 Å². The minimum absolute atomic E-state index is 0.140. The summed E-state index contributed by atoms with van der Waals surface area (Å²) in [6, 6.07) is 0.380. The molecule has 0 aromatic heterocycles. The molecule has 0 bridgehead atoms. The van der Waals surface area contributed by atoms with E-state index < -0.39 is 0 Å². The molecule has 1 aliphatic rings. The van der Waals surface area contributed by atoms with Crippen LogP contribution in [0.3, 0.4) is 0 Å². The summed E-state index contributed by atoms with van der Waals surface area (Å²) in [5, 5.41) is 12.6. The zero-order valence-electron chi connectivity index (χ0n) is 6.09. The molecule has 9 heavy (non-hydrogen) atoms. The van der Waals surface area contributed by atoms with Gasteiger partial charge >= 0.3 is 0 Å². The number of aliphatic hydroxyl groups excluding tert-OH is 1. The minimum Gasteiger partial charge on any atom is -0.391 e. The van der Waals surface area contributed by atoms with Crippen LogP contribution in [0, 0.1) is 5.92 Å². The van der Waals surface area contributed by atoms with Gasteiger partial charge in [0.05, 0.1) is 6.10 Å². The van der Waals surface area contributed by atoms with Crippen LogP contribution in [0.5, 0.6) is 0 Å². The van der Waals surface area contributed by atoms with Gasteiger partial charge in [-0.15, -0.1) is 0 Å². The van der Waals surface area contributed by atoms with E-state index in [9.17, 15) is 5.11 Å². The fraction of sp³-hybridized carbons (Fsp3) is 1.00. The fourth-order valence-corrected chi connectivity index (χ4v) is 1.07. The van der Waals surface area contributed by atoms with Crippen LogP contribution in [0.15, 0.2) is 0 Å². The Morgan fingerprint density at radius 3 is 2.22 bits per heavy atom. The molecule has 1 rings (SSSR count). The molecule has 2 nitrogen and oxygen atoms in total. The Bertz CT molecular complexity index is 88.9. The summed E-state index contributed by atoms with van der Waals surface area (Å²) in [5.41, 5.74) is 0. The number of aliphatic hydroxyl groups is 1. The van der Waals surface area contributed by atoms with Gasteiger partial charge in [-0.1, -0.05) is 13.8 Å². The van der Waals surface area contributed by atoms with Crippen molar-refractivity contribution in [2.45, 2.75) is 32.4 Å². The second kappa shape index (κ2) is 2.67. The molecule has 0 amide bonds. The first-order chi connectivity index (χ1) is 4.22. The van der Waals surface area contributed by atoms with E-state index in [1.165, 1.54) is 0 Å². The smallest absolute Gasteiger partial charge is 0.0716 e. The summed E-state index contributed by atoms with van der Waals surface area (Å²) >= 11 is 0. The zero-order valence-corrected chi connectivity index (χ0v) is 6.09. The lowest BCUT2D eigenvalue weighted by atomic mass is 9.93. The number of rotatable bonds is 2. The molecule has 1 aliphatic heterocycles. The molecule has 2 heteroatoms. The molecular formula is C7H15NO. The van der Waals surface area contributed by atoms with Gasteiger partial charge in [-0.3, -0.25) is 0 Å². The number of nitrogens with one attached hydrogen (secondary N) is 1. The monoisotopic (exact) mass is 129 g/mol. The molecule has 2 N–H and O–H groups in total. The van der Waals surface area contributed by atoms with E-state index in [0.29, 0.717) is 12.0 Å². The van der Waals surface area contributed by atoms with Crippen LogP contribution >= 0.6 is 0 Å². The third-order valence-electron chi connectivity index (χ3n) is 1.96. The molecule has 54 valence electrons. The van der Waals surface area contributed by atoms with E-state index in [4.69, 9.17) is 0 Å². The van der Waals surface area contributed by atoms with Gasteiger partial charge in [0.25, 0.3) is 0 Å². The van der Waals surface area contributed by atoms with Gasteiger partial charge < -0.3 is 10.4 Å². The molecule has 2 unspecified atom stereocenters. The lowest BCUT2D eigenvalue weighted by Crippen LogP contribution is -2.52. The third-order valence-corrected chi connectivity index (χ3v) is 1.96. The molecule has 0 saturated carbocycles. The molecule has 0 aromatic rings. The first-order valence-electron chi connectivity index (χ1n) is 3.63. The van der Waals surface area contributed by atoms with E-state index in [-0.39, 0.29) is 6.10 Å². The van der Waals surface area contributed by atoms with Gasteiger partial charge in [0, 0.05) is 6.04 Å². The highest BCUT2D eigenvalue weighted by Gasteiger charge is 2.26. The van der Waals surface area contributed by atoms with Crippen molar-refractivity contribution in [2.75, 3.05) is 6.54 Å². The molecule has 0 aliphatic carbocycles. The van der Waals surface area contributed by atoms with Crippen LogP contribution in [-0.4, -0.2) is 23.8 Å². The highest BCUT2D eigenvalue weighted by Crippen LogP contribution is 2.13. The SMILES string of the molecule is CC(C)C(O)C1CCN1. The highest BCUT2D eigenvalue weighted by molar-refractivity contribution is 4.85. The van der Waals surface area contributed by atoms with Gasteiger partial charge in [0.15, 0.2) is 0 Å². The highest BCUT2D eigenvalue weighted by atomic mass is 16.3. The normalized spacial score (nSPS) is 30.0. The van der Waals surface area contributed by atoms with E-state index in [2.05, 4.69) is 5.32 Å². The summed E-state index contributed by atoms with van der Waals surface area (Å²) < 4.78 is 0. The van der Waals surface area contributed by atoms with Crippen LogP contribution < -0.4 is 5.32 Å². The van der Waals surface area contributed by atoms with E-state index in [1.54, 1.807) is 0 Å². The number of hydrogen-bond acceptors (Lipinski definition) is 2. The predicted molar refractivity (Wildman–Crippen MR) is 37.3 cm³/mol. The van der Waals surface area contributed by atoms with Gasteiger partial charge in [-0.2, -0.15) is 0 Å². The van der Waals surface area contributed by atoms with Crippen molar-refractivity contribution in [3.8, 4) is 0 Å². The van der Waals surface area contributed by atoms with Gasteiger partial charge in [0.1, 0.15) is 0 Å². The average molecular weight is 129 g/mol. The topological polar surface area (TPSA) is 32.3 Å². The summed E-state index contributed by atoms with van der Waals surface area (Å²) in [6.07, 6.45) is 0.998.